The number of hydrogen-bond acceptors (Lipinski definition) is 4. The van der Waals surface area contributed by atoms with Crippen molar-refractivity contribution in [1.29, 1.82) is 0 Å². The first-order valence-electron chi connectivity index (χ1n) is 7.01. The number of alkyl halides is 1. The summed E-state index contributed by atoms with van der Waals surface area (Å²) in [6.45, 7) is 4.09. The van der Waals surface area contributed by atoms with E-state index in [-0.39, 0.29) is 10.6 Å². The highest BCUT2D eigenvalue weighted by Gasteiger charge is 2.31. The minimum atomic E-state index is -0.370. The number of halogens is 1. The second-order valence-electron chi connectivity index (χ2n) is 5.46. The van der Waals surface area contributed by atoms with Crippen LogP contribution in [0.25, 0.3) is 0 Å². The summed E-state index contributed by atoms with van der Waals surface area (Å²) in [5.41, 5.74) is 2.00. The molecule has 108 valence electrons. The topological polar surface area (TPSA) is 49.6 Å². The Bertz CT molecular complexity index is 511. The first-order chi connectivity index (χ1) is 9.69. The zero-order valence-corrected chi connectivity index (χ0v) is 12.1. The van der Waals surface area contributed by atoms with Crippen LogP contribution < -0.4 is 4.90 Å². The lowest BCUT2D eigenvalue weighted by molar-refractivity contribution is -0.384. The monoisotopic (exact) mass is 295 g/mol. The molecule has 5 nitrogen and oxygen atoms in total. The molecular weight excluding hydrogens is 278 g/mol. The molecule has 2 fully saturated rings. The Balaban J connectivity index is 1.74. The van der Waals surface area contributed by atoms with Crippen LogP contribution in [-0.4, -0.2) is 42.0 Å². The van der Waals surface area contributed by atoms with Crippen LogP contribution in [0.15, 0.2) is 18.2 Å². The second kappa shape index (κ2) is 5.58. The summed E-state index contributed by atoms with van der Waals surface area (Å²) in [7, 11) is 0. The number of piperazine rings is 1. The van der Waals surface area contributed by atoms with Gasteiger partial charge in [0.1, 0.15) is 0 Å². The fraction of sp³-hybridized carbons (Fsp3) is 0.571. The zero-order valence-electron chi connectivity index (χ0n) is 11.3. The largest absolute Gasteiger partial charge is 0.369 e. The predicted molar refractivity (Wildman–Crippen MR) is 79.5 cm³/mol. The molecule has 1 aromatic rings. The Morgan fingerprint density at radius 1 is 1.25 bits per heavy atom. The number of hydrogen-bond donors (Lipinski definition) is 0. The third kappa shape index (κ3) is 2.74. The van der Waals surface area contributed by atoms with E-state index in [0.717, 1.165) is 43.5 Å². The SMILES string of the molecule is O=[N+]([O-])c1ccc(N2CCN(C3CC3)CC2)c(CCl)c1. The molecule has 0 bridgehead atoms. The average Bonchev–Trinajstić information content (AvgIpc) is 3.31. The van der Waals surface area contributed by atoms with E-state index < -0.39 is 0 Å². The Morgan fingerprint density at radius 3 is 2.50 bits per heavy atom. The van der Waals surface area contributed by atoms with E-state index in [2.05, 4.69) is 9.80 Å². The van der Waals surface area contributed by atoms with E-state index in [9.17, 15) is 10.1 Å². The molecule has 0 aromatic heterocycles. The summed E-state index contributed by atoms with van der Waals surface area (Å²) in [4.78, 5) is 15.3. The van der Waals surface area contributed by atoms with Crippen molar-refractivity contribution < 1.29 is 4.92 Å². The van der Waals surface area contributed by atoms with E-state index in [1.807, 2.05) is 6.07 Å². The number of nitro groups is 1. The molecule has 1 saturated heterocycles. The standard InChI is InChI=1S/C14H18ClN3O2/c15-10-11-9-13(18(19)20)3-4-14(11)17-7-5-16(6-8-17)12-1-2-12/h3-4,9,12H,1-2,5-8,10H2. The van der Waals surface area contributed by atoms with Crippen LogP contribution in [0.5, 0.6) is 0 Å². The Kier molecular flexibility index (Phi) is 3.81. The molecule has 0 radical (unpaired) electrons. The molecule has 1 saturated carbocycles. The van der Waals surface area contributed by atoms with Crippen molar-refractivity contribution in [2.75, 3.05) is 31.1 Å². The third-order valence-corrected chi connectivity index (χ3v) is 4.42. The highest BCUT2D eigenvalue weighted by molar-refractivity contribution is 6.17. The van der Waals surface area contributed by atoms with Gasteiger partial charge in [-0.15, -0.1) is 11.6 Å². The van der Waals surface area contributed by atoms with Gasteiger partial charge < -0.3 is 4.90 Å². The van der Waals surface area contributed by atoms with Crippen molar-refractivity contribution in [1.82, 2.24) is 4.90 Å². The Morgan fingerprint density at radius 2 is 1.95 bits per heavy atom. The van der Waals surface area contributed by atoms with Crippen LogP contribution in [0.2, 0.25) is 0 Å². The molecule has 2 aliphatic rings. The molecule has 0 atom stereocenters. The number of rotatable bonds is 4. The van der Waals surface area contributed by atoms with E-state index in [1.54, 1.807) is 12.1 Å². The minimum absolute atomic E-state index is 0.112. The maximum absolute atomic E-state index is 10.8. The first kappa shape index (κ1) is 13.6. The van der Waals surface area contributed by atoms with Gasteiger partial charge in [-0.25, -0.2) is 0 Å². The molecule has 0 unspecified atom stereocenters. The average molecular weight is 296 g/mol. The molecule has 1 aliphatic carbocycles. The van der Waals surface area contributed by atoms with Gasteiger partial charge in [0, 0.05) is 55.9 Å². The van der Waals surface area contributed by atoms with Gasteiger partial charge in [-0.05, 0) is 24.5 Å². The van der Waals surface area contributed by atoms with Crippen LogP contribution in [0, 0.1) is 10.1 Å². The minimum Gasteiger partial charge on any atom is -0.369 e. The van der Waals surface area contributed by atoms with Gasteiger partial charge in [0.05, 0.1) is 4.92 Å². The zero-order chi connectivity index (χ0) is 14.1. The van der Waals surface area contributed by atoms with Crippen molar-refractivity contribution in [3.05, 3.63) is 33.9 Å². The van der Waals surface area contributed by atoms with Gasteiger partial charge >= 0.3 is 0 Å². The molecule has 20 heavy (non-hydrogen) atoms. The van der Waals surface area contributed by atoms with Crippen molar-refractivity contribution >= 4 is 23.0 Å². The van der Waals surface area contributed by atoms with E-state index in [0.29, 0.717) is 5.88 Å². The van der Waals surface area contributed by atoms with Gasteiger partial charge in [-0.1, -0.05) is 0 Å². The number of non-ortho nitro benzene ring substituents is 1. The van der Waals surface area contributed by atoms with Gasteiger partial charge in [-0.3, -0.25) is 15.0 Å². The molecule has 0 N–H and O–H groups in total. The van der Waals surface area contributed by atoms with Crippen LogP contribution in [0.1, 0.15) is 18.4 Å². The van der Waals surface area contributed by atoms with Crippen molar-refractivity contribution in [2.45, 2.75) is 24.8 Å². The van der Waals surface area contributed by atoms with Crippen LogP contribution >= 0.6 is 11.6 Å². The van der Waals surface area contributed by atoms with Crippen molar-refractivity contribution in [2.24, 2.45) is 0 Å². The van der Waals surface area contributed by atoms with E-state index >= 15 is 0 Å². The lowest BCUT2D eigenvalue weighted by Gasteiger charge is -2.37. The summed E-state index contributed by atoms with van der Waals surface area (Å²) in [5.74, 6) is 0.305. The summed E-state index contributed by atoms with van der Waals surface area (Å²) >= 11 is 5.96. The summed E-state index contributed by atoms with van der Waals surface area (Å²) < 4.78 is 0. The van der Waals surface area contributed by atoms with Gasteiger partial charge in [0.25, 0.3) is 5.69 Å². The summed E-state index contributed by atoms with van der Waals surface area (Å²) in [6, 6.07) is 5.80. The number of nitrogens with zero attached hydrogens (tertiary/aromatic N) is 3. The molecule has 1 aliphatic heterocycles. The smallest absolute Gasteiger partial charge is 0.269 e. The maximum atomic E-state index is 10.8. The van der Waals surface area contributed by atoms with Gasteiger partial charge in [-0.2, -0.15) is 0 Å². The molecule has 1 heterocycles. The third-order valence-electron chi connectivity index (χ3n) is 4.14. The van der Waals surface area contributed by atoms with Crippen molar-refractivity contribution in [3.8, 4) is 0 Å². The van der Waals surface area contributed by atoms with Crippen LogP contribution in [0.4, 0.5) is 11.4 Å². The molecule has 1 aromatic carbocycles. The van der Waals surface area contributed by atoms with Crippen molar-refractivity contribution in [3.63, 3.8) is 0 Å². The molecule has 6 heteroatoms. The number of nitro benzene ring substituents is 1. The predicted octanol–water partition coefficient (Wildman–Crippen LogP) is 2.62. The Labute approximate surface area is 123 Å². The highest BCUT2D eigenvalue weighted by Crippen LogP contribution is 2.31. The quantitative estimate of drug-likeness (QED) is 0.487. The molecule has 3 rings (SSSR count). The normalized spacial score (nSPS) is 20.1. The van der Waals surface area contributed by atoms with Gasteiger partial charge in [0.15, 0.2) is 0 Å². The fourth-order valence-corrected chi connectivity index (χ4v) is 3.08. The summed E-state index contributed by atoms with van der Waals surface area (Å²) in [6.07, 6.45) is 2.68. The number of anilines is 1. The van der Waals surface area contributed by atoms with E-state index in [4.69, 9.17) is 11.6 Å². The van der Waals surface area contributed by atoms with Crippen LogP contribution in [-0.2, 0) is 5.88 Å². The fourth-order valence-electron chi connectivity index (χ4n) is 2.87. The summed E-state index contributed by atoms with van der Waals surface area (Å²) in [5, 5.41) is 10.8. The molecular formula is C14H18ClN3O2. The number of benzene rings is 1. The molecule has 0 amide bonds. The molecule has 0 spiro atoms. The first-order valence-corrected chi connectivity index (χ1v) is 7.55. The lowest BCUT2D eigenvalue weighted by atomic mass is 10.1. The second-order valence-corrected chi connectivity index (χ2v) is 5.73. The Hall–Kier alpha value is -1.33. The lowest BCUT2D eigenvalue weighted by Crippen LogP contribution is -2.47. The van der Waals surface area contributed by atoms with Crippen LogP contribution in [0.3, 0.4) is 0 Å². The van der Waals surface area contributed by atoms with E-state index in [1.165, 1.54) is 12.8 Å². The highest BCUT2D eigenvalue weighted by atomic mass is 35.5. The van der Waals surface area contributed by atoms with Gasteiger partial charge in [0.2, 0.25) is 0 Å². The maximum Gasteiger partial charge on any atom is 0.269 e.